The molecule has 2 aromatic carbocycles. The van der Waals surface area contributed by atoms with E-state index >= 15 is 0 Å². The molecule has 0 amide bonds. The Hall–Kier alpha value is -0.400. The Labute approximate surface area is 111 Å². The van der Waals surface area contributed by atoms with E-state index in [1.807, 2.05) is 0 Å². The molecule has 1 atom stereocenters. The summed E-state index contributed by atoms with van der Waals surface area (Å²) < 4.78 is 0. The van der Waals surface area contributed by atoms with Gasteiger partial charge in [-0.1, -0.05) is 48.5 Å². The van der Waals surface area contributed by atoms with Gasteiger partial charge < -0.3 is 0 Å². The summed E-state index contributed by atoms with van der Waals surface area (Å²) in [6.45, 7) is 4.48. The highest BCUT2D eigenvalue weighted by atomic mass is 127. The van der Waals surface area contributed by atoms with Gasteiger partial charge in [-0.2, -0.15) is 0 Å². The summed E-state index contributed by atoms with van der Waals surface area (Å²) in [5, 5.41) is 1.48. The molecule has 0 spiro atoms. The first-order valence-corrected chi connectivity index (χ1v) is 9.82. The number of halogens is 1. The lowest BCUT2D eigenvalue weighted by Gasteiger charge is -2.13. The van der Waals surface area contributed by atoms with Crippen molar-refractivity contribution in [2.75, 3.05) is 6.66 Å². The van der Waals surface area contributed by atoms with Gasteiger partial charge in [0.25, 0.3) is 0 Å². The van der Waals surface area contributed by atoms with Gasteiger partial charge in [0, 0.05) is 0 Å². The number of hydrogen-bond acceptors (Lipinski definition) is 0. The number of aryl methyl sites for hydroxylation is 1. The molecule has 0 aliphatic rings. The van der Waals surface area contributed by atoms with Crippen LogP contribution in [-0.4, -0.2) is 6.66 Å². The fraction of sp³-hybridized carbons (Fsp3) is 0.143. The molecule has 0 bridgehead atoms. The first-order valence-electron chi connectivity index (χ1n) is 5.24. The number of rotatable bonds is 2. The second-order valence-corrected chi connectivity index (χ2v) is 9.59. The average Bonchev–Trinajstić information content (AvgIpc) is 2.29. The van der Waals surface area contributed by atoms with Crippen LogP contribution in [0, 0.1) is 6.92 Å². The largest absolute Gasteiger partial charge is 0.0620 e. The van der Waals surface area contributed by atoms with E-state index in [0.717, 1.165) is 0 Å². The molecule has 2 aromatic rings. The van der Waals surface area contributed by atoms with Crippen LogP contribution in [0.15, 0.2) is 48.5 Å². The van der Waals surface area contributed by atoms with Crippen molar-refractivity contribution in [1.29, 1.82) is 0 Å². The molecular formula is C14H14IP. The average molecular weight is 340 g/mol. The minimum Gasteiger partial charge on any atom is -0.0620 e. The van der Waals surface area contributed by atoms with Gasteiger partial charge in [-0.05, 0) is 63.2 Å². The van der Waals surface area contributed by atoms with Crippen molar-refractivity contribution in [3.05, 3.63) is 54.1 Å². The molecule has 0 saturated heterocycles. The predicted molar refractivity (Wildman–Crippen MR) is 83.1 cm³/mol. The summed E-state index contributed by atoms with van der Waals surface area (Å²) in [6.07, 6.45) is 0. The molecule has 0 aliphatic carbocycles. The van der Waals surface area contributed by atoms with Crippen molar-refractivity contribution in [3.63, 3.8) is 0 Å². The van der Waals surface area contributed by atoms with Crippen molar-refractivity contribution in [3.8, 4) is 11.1 Å². The maximum atomic E-state index is 2.54. The van der Waals surface area contributed by atoms with Gasteiger partial charge in [0.1, 0.15) is 0 Å². The Morgan fingerprint density at radius 3 is 2.06 bits per heavy atom. The van der Waals surface area contributed by atoms with Crippen molar-refractivity contribution in [1.82, 2.24) is 0 Å². The van der Waals surface area contributed by atoms with Crippen LogP contribution in [0.5, 0.6) is 0 Å². The maximum absolute atomic E-state index is 2.54. The third-order valence-electron chi connectivity index (χ3n) is 2.67. The van der Waals surface area contributed by atoms with Crippen LogP contribution in [0.4, 0.5) is 0 Å². The van der Waals surface area contributed by atoms with E-state index < -0.39 is 0 Å². The molecule has 0 radical (unpaired) electrons. The molecular weight excluding hydrogens is 326 g/mol. The molecule has 1 unspecified atom stereocenters. The summed E-state index contributed by atoms with van der Waals surface area (Å²) in [5.41, 5.74) is 4.02. The van der Waals surface area contributed by atoms with E-state index in [9.17, 15) is 0 Å². The summed E-state index contributed by atoms with van der Waals surface area (Å²) in [4.78, 5) is 0. The third-order valence-corrected chi connectivity index (χ3v) is 5.28. The number of benzene rings is 2. The zero-order valence-electron chi connectivity index (χ0n) is 9.44. The fourth-order valence-electron chi connectivity index (χ4n) is 1.85. The van der Waals surface area contributed by atoms with Crippen LogP contribution >= 0.6 is 27.6 Å². The third kappa shape index (κ3) is 2.46. The molecule has 2 rings (SSSR count). The van der Waals surface area contributed by atoms with Crippen molar-refractivity contribution < 1.29 is 0 Å². The molecule has 0 aromatic heterocycles. The van der Waals surface area contributed by atoms with Crippen LogP contribution in [0.1, 0.15) is 5.56 Å². The Bertz CT molecular complexity index is 492. The van der Waals surface area contributed by atoms with Crippen LogP contribution in [0.2, 0.25) is 0 Å². The number of hydrogen-bond donors (Lipinski definition) is 0. The van der Waals surface area contributed by atoms with Crippen molar-refractivity contribution >= 4 is 32.9 Å². The zero-order chi connectivity index (χ0) is 11.5. The van der Waals surface area contributed by atoms with Gasteiger partial charge in [-0.15, -0.1) is 0 Å². The Morgan fingerprint density at radius 1 is 0.875 bits per heavy atom. The van der Waals surface area contributed by atoms with E-state index in [0.29, 0.717) is 0 Å². The Kier molecular flexibility index (Phi) is 3.99. The zero-order valence-corrected chi connectivity index (χ0v) is 12.5. The first-order chi connectivity index (χ1) is 7.70. The molecule has 0 heterocycles. The van der Waals surface area contributed by atoms with E-state index in [-0.39, 0.29) is 5.56 Å². The van der Waals surface area contributed by atoms with Crippen LogP contribution in [0.3, 0.4) is 0 Å². The van der Waals surface area contributed by atoms with Gasteiger partial charge in [-0.3, -0.25) is 0 Å². The summed E-state index contributed by atoms with van der Waals surface area (Å²) in [7, 11) is 0. The summed E-state index contributed by atoms with van der Waals surface area (Å²) in [5.74, 6) is 0. The molecule has 0 N–H and O–H groups in total. The van der Waals surface area contributed by atoms with Gasteiger partial charge in [0.2, 0.25) is 0 Å². The molecule has 16 heavy (non-hydrogen) atoms. The van der Waals surface area contributed by atoms with Crippen molar-refractivity contribution in [2.45, 2.75) is 6.92 Å². The van der Waals surface area contributed by atoms with Gasteiger partial charge >= 0.3 is 0 Å². The monoisotopic (exact) mass is 340 g/mol. The minimum atomic E-state index is -0.0824. The van der Waals surface area contributed by atoms with Gasteiger partial charge in [0.05, 0.1) is 0 Å². The normalized spacial score (nSPS) is 12.4. The SMILES string of the molecule is Cc1ccccc1-c1ccccc1P(C)I. The molecule has 82 valence electrons. The molecule has 0 nitrogen and oxygen atoms in total. The Balaban J connectivity index is 2.60. The summed E-state index contributed by atoms with van der Waals surface area (Å²) in [6, 6.07) is 17.3. The van der Waals surface area contributed by atoms with Crippen LogP contribution in [0.25, 0.3) is 11.1 Å². The Morgan fingerprint density at radius 2 is 1.44 bits per heavy atom. The van der Waals surface area contributed by atoms with E-state index in [1.54, 1.807) is 0 Å². The van der Waals surface area contributed by atoms with Crippen LogP contribution in [-0.2, 0) is 0 Å². The first kappa shape index (κ1) is 12.1. The minimum absolute atomic E-state index is 0.0824. The van der Waals surface area contributed by atoms with E-state index in [4.69, 9.17) is 0 Å². The highest BCUT2D eigenvalue weighted by molar-refractivity contribution is 14.2. The molecule has 0 saturated carbocycles. The quantitative estimate of drug-likeness (QED) is 0.547. The molecule has 0 aliphatic heterocycles. The molecule has 0 fully saturated rings. The van der Waals surface area contributed by atoms with Gasteiger partial charge in [-0.25, -0.2) is 0 Å². The summed E-state index contributed by atoms with van der Waals surface area (Å²) >= 11 is 2.54. The lowest BCUT2D eigenvalue weighted by Crippen LogP contribution is -2.01. The van der Waals surface area contributed by atoms with Crippen molar-refractivity contribution in [2.24, 2.45) is 0 Å². The lowest BCUT2D eigenvalue weighted by molar-refractivity contribution is 1.47. The topological polar surface area (TPSA) is 0 Å². The predicted octanol–water partition coefficient (Wildman–Crippen LogP) is 4.75. The maximum Gasteiger partial charge on any atom is -0.00642 e. The van der Waals surface area contributed by atoms with Gasteiger partial charge in [0.15, 0.2) is 0 Å². The van der Waals surface area contributed by atoms with Crippen LogP contribution < -0.4 is 5.30 Å². The van der Waals surface area contributed by atoms with E-state index in [1.165, 1.54) is 22.0 Å². The standard InChI is InChI=1S/C14H14IP/c1-11-7-3-4-8-12(11)13-9-5-6-10-14(13)16(2)15/h3-10H,1-2H3. The fourth-order valence-corrected chi connectivity index (χ4v) is 3.93. The second-order valence-electron chi connectivity index (χ2n) is 3.81. The smallest absolute Gasteiger partial charge is 0.00642 e. The second kappa shape index (κ2) is 5.29. The van der Waals surface area contributed by atoms with E-state index in [2.05, 4.69) is 84.2 Å². The highest BCUT2D eigenvalue weighted by Crippen LogP contribution is 2.42. The highest BCUT2D eigenvalue weighted by Gasteiger charge is 2.09. The molecule has 2 heteroatoms. The lowest BCUT2D eigenvalue weighted by atomic mass is 10.0.